The summed E-state index contributed by atoms with van der Waals surface area (Å²) in [5.74, 6) is 4.14. The fraction of sp³-hybridized carbons (Fsp3) is 0.483. The minimum atomic E-state index is -0.0965. The number of rotatable bonds is 11. The molecule has 6 nitrogen and oxygen atoms in total. The quantitative estimate of drug-likeness (QED) is 0.432. The number of hydrogen-bond donors (Lipinski definition) is 1. The number of benzene rings is 2. The van der Waals surface area contributed by atoms with Crippen molar-refractivity contribution in [1.29, 1.82) is 0 Å². The highest BCUT2D eigenvalue weighted by atomic mass is 16.5. The van der Waals surface area contributed by atoms with E-state index < -0.39 is 0 Å². The van der Waals surface area contributed by atoms with Crippen LogP contribution in [-0.4, -0.2) is 39.4 Å². The molecule has 2 fully saturated rings. The lowest BCUT2D eigenvalue weighted by Crippen LogP contribution is -2.40. The van der Waals surface area contributed by atoms with Gasteiger partial charge in [0.2, 0.25) is 0 Å². The van der Waals surface area contributed by atoms with Crippen LogP contribution in [-0.2, 0) is 0 Å². The highest BCUT2D eigenvalue weighted by molar-refractivity contribution is 5.95. The second-order valence-electron chi connectivity index (χ2n) is 9.91. The van der Waals surface area contributed by atoms with Crippen molar-refractivity contribution in [3.63, 3.8) is 0 Å². The van der Waals surface area contributed by atoms with Crippen molar-refractivity contribution in [3.05, 3.63) is 59.7 Å². The molecular formula is C29H35NO5. The van der Waals surface area contributed by atoms with Gasteiger partial charge in [0, 0.05) is 17.5 Å². The van der Waals surface area contributed by atoms with Crippen LogP contribution in [0.4, 0.5) is 0 Å². The Hall–Kier alpha value is -3.15. The number of carbonyl (C=O) groups excluding carboxylic acids is 1. The molecule has 0 aromatic heterocycles. The maximum absolute atomic E-state index is 13.3. The first kappa shape index (κ1) is 23.6. The summed E-state index contributed by atoms with van der Waals surface area (Å²) in [4.78, 5) is 13.3. The van der Waals surface area contributed by atoms with Crippen molar-refractivity contribution >= 4 is 5.91 Å². The van der Waals surface area contributed by atoms with Gasteiger partial charge in [-0.2, -0.15) is 0 Å². The zero-order valence-corrected chi connectivity index (χ0v) is 20.6. The number of amides is 1. The van der Waals surface area contributed by atoms with Gasteiger partial charge in [-0.3, -0.25) is 4.79 Å². The van der Waals surface area contributed by atoms with Crippen LogP contribution in [0.25, 0.3) is 0 Å². The summed E-state index contributed by atoms with van der Waals surface area (Å²) >= 11 is 0. The molecule has 1 N–H and O–H groups in total. The standard InChI is InChI=1S/C29H35NO5/c1-32-25-13-11-21(15-27(25)33-2)23-5-3-4-6-24(23)30-29(31)22-12-14-26(34-17-19-7-8-19)28(16-22)35-18-20-9-10-20/h3-4,11-16,19-20,23-24H,5-10,17-18H2,1-2H3,(H,30,31). The Morgan fingerprint density at radius 1 is 0.800 bits per heavy atom. The van der Waals surface area contributed by atoms with E-state index in [0.717, 1.165) is 24.2 Å². The Morgan fingerprint density at radius 3 is 2.14 bits per heavy atom. The van der Waals surface area contributed by atoms with Gasteiger partial charge in [0.25, 0.3) is 5.91 Å². The van der Waals surface area contributed by atoms with E-state index >= 15 is 0 Å². The molecule has 0 heterocycles. The van der Waals surface area contributed by atoms with Crippen LogP contribution in [0.2, 0.25) is 0 Å². The van der Waals surface area contributed by atoms with Crippen molar-refractivity contribution in [1.82, 2.24) is 5.32 Å². The van der Waals surface area contributed by atoms with Gasteiger partial charge in [-0.15, -0.1) is 0 Å². The van der Waals surface area contributed by atoms with Crippen LogP contribution in [0.15, 0.2) is 48.6 Å². The summed E-state index contributed by atoms with van der Waals surface area (Å²) in [5.41, 5.74) is 1.71. The summed E-state index contributed by atoms with van der Waals surface area (Å²) in [6.07, 6.45) is 10.8. The zero-order valence-electron chi connectivity index (χ0n) is 20.6. The third-order valence-electron chi connectivity index (χ3n) is 7.13. The van der Waals surface area contributed by atoms with Gasteiger partial charge in [-0.25, -0.2) is 0 Å². The molecule has 0 bridgehead atoms. The van der Waals surface area contributed by atoms with Crippen LogP contribution in [0, 0.1) is 11.8 Å². The van der Waals surface area contributed by atoms with Gasteiger partial charge >= 0.3 is 0 Å². The van der Waals surface area contributed by atoms with Crippen molar-refractivity contribution in [2.45, 2.75) is 50.5 Å². The summed E-state index contributed by atoms with van der Waals surface area (Å²) in [7, 11) is 3.28. The summed E-state index contributed by atoms with van der Waals surface area (Å²) in [5, 5.41) is 3.28. The molecule has 2 atom stereocenters. The highest BCUT2D eigenvalue weighted by Gasteiger charge is 2.28. The molecule has 2 aromatic rings. The predicted octanol–water partition coefficient (Wildman–Crippen LogP) is 5.51. The molecule has 2 saturated carbocycles. The number of carbonyl (C=O) groups is 1. The predicted molar refractivity (Wildman–Crippen MR) is 135 cm³/mol. The topological polar surface area (TPSA) is 66.0 Å². The van der Waals surface area contributed by atoms with Crippen LogP contribution in [0.5, 0.6) is 23.0 Å². The summed E-state index contributed by atoms with van der Waals surface area (Å²) in [6, 6.07) is 11.5. The molecule has 1 amide bonds. The molecule has 0 radical (unpaired) electrons. The van der Waals surface area contributed by atoms with Gasteiger partial charge in [-0.05, 0) is 86.3 Å². The van der Waals surface area contributed by atoms with Gasteiger partial charge in [0.15, 0.2) is 23.0 Å². The van der Waals surface area contributed by atoms with Gasteiger partial charge in [-0.1, -0.05) is 18.2 Å². The molecule has 0 spiro atoms. The zero-order chi connectivity index (χ0) is 24.2. The van der Waals surface area contributed by atoms with E-state index in [1.807, 2.05) is 30.3 Å². The minimum absolute atomic E-state index is 0.0211. The molecule has 2 aromatic carbocycles. The summed E-state index contributed by atoms with van der Waals surface area (Å²) < 4.78 is 23.0. The number of ether oxygens (including phenoxy) is 4. The van der Waals surface area contributed by atoms with Crippen LogP contribution < -0.4 is 24.3 Å². The lowest BCUT2D eigenvalue weighted by molar-refractivity contribution is 0.0929. The average molecular weight is 478 g/mol. The monoisotopic (exact) mass is 477 g/mol. The first-order valence-electron chi connectivity index (χ1n) is 12.7. The lowest BCUT2D eigenvalue weighted by atomic mass is 9.83. The van der Waals surface area contributed by atoms with E-state index in [-0.39, 0.29) is 17.9 Å². The lowest BCUT2D eigenvalue weighted by Gasteiger charge is -2.30. The number of nitrogens with one attached hydrogen (secondary N) is 1. The maximum Gasteiger partial charge on any atom is 0.251 e. The Balaban J connectivity index is 1.31. The fourth-order valence-corrected chi connectivity index (χ4v) is 4.54. The fourth-order valence-electron chi connectivity index (χ4n) is 4.54. The largest absolute Gasteiger partial charge is 0.493 e. The van der Waals surface area contributed by atoms with Crippen LogP contribution in [0.3, 0.4) is 0 Å². The molecule has 6 heteroatoms. The molecule has 0 aliphatic heterocycles. The molecule has 186 valence electrons. The van der Waals surface area contributed by atoms with Crippen molar-refractivity contribution in [2.24, 2.45) is 11.8 Å². The van der Waals surface area contributed by atoms with Gasteiger partial charge in [0.05, 0.1) is 27.4 Å². The average Bonchev–Trinajstić information content (AvgIpc) is 3.82. The summed E-state index contributed by atoms with van der Waals surface area (Å²) in [6.45, 7) is 1.40. The first-order valence-corrected chi connectivity index (χ1v) is 12.7. The number of methoxy groups -OCH3 is 2. The Labute approximate surface area is 207 Å². The minimum Gasteiger partial charge on any atom is -0.493 e. The second-order valence-corrected chi connectivity index (χ2v) is 9.91. The van der Waals surface area contributed by atoms with Gasteiger partial charge in [0.1, 0.15) is 0 Å². The molecule has 3 aliphatic carbocycles. The third-order valence-corrected chi connectivity index (χ3v) is 7.13. The van der Waals surface area contributed by atoms with Crippen LogP contribution in [0.1, 0.15) is 60.4 Å². The van der Waals surface area contributed by atoms with E-state index in [1.165, 1.54) is 25.7 Å². The van der Waals surface area contributed by atoms with E-state index in [1.54, 1.807) is 14.2 Å². The van der Waals surface area contributed by atoms with E-state index in [9.17, 15) is 4.79 Å². The molecule has 35 heavy (non-hydrogen) atoms. The second kappa shape index (κ2) is 10.6. The van der Waals surface area contributed by atoms with E-state index in [0.29, 0.717) is 47.9 Å². The molecule has 5 rings (SSSR count). The first-order chi connectivity index (χ1) is 17.1. The van der Waals surface area contributed by atoms with Crippen molar-refractivity contribution < 1.29 is 23.7 Å². The molecule has 3 aliphatic rings. The Morgan fingerprint density at radius 2 is 1.46 bits per heavy atom. The SMILES string of the molecule is COc1ccc(C2CC=CCC2NC(=O)c2ccc(OCC3CC3)c(OCC3CC3)c2)cc1OC. The Bertz CT molecular complexity index is 1070. The maximum atomic E-state index is 13.3. The van der Waals surface area contributed by atoms with E-state index in [4.69, 9.17) is 18.9 Å². The molecule has 2 unspecified atom stereocenters. The third kappa shape index (κ3) is 5.92. The molecular weight excluding hydrogens is 442 g/mol. The van der Waals surface area contributed by atoms with Crippen molar-refractivity contribution in [3.8, 4) is 23.0 Å². The Kier molecular flexibility index (Phi) is 7.16. The smallest absolute Gasteiger partial charge is 0.251 e. The number of hydrogen-bond acceptors (Lipinski definition) is 5. The highest BCUT2D eigenvalue weighted by Crippen LogP contribution is 2.37. The molecule has 0 saturated heterocycles. The van der Waals surface area contributed by atoms with E-state index in [2.05, 4.69) is 23.5 Å². The van der Waals surface area contributed by atoms with Crippen molar-refractivity contribution in [2.75, 3.05) is 27.4 Å². The normalized spacial score (nSPS) is 21.3. The number of allylic oxidation sites excluding steroid dienone is 1. The van der Waals surface area contributed by atoms with Crippen LogP contribution >= 0.6 is 0 Å². The van der Waals surface area contributed by atoms with Gasteiger partial charge < -0.3 is 24.3 Å².